The molecule has 0 saturated carbocycles. The normalized spacial score (nSPS) is 19.1. The second-order valence-corrected chi connectivity index (χ2v) is 7.93. The first-order valence-corrected chi connectivity index (χ1v) is 10.7. The van der Waals surface area contributed by atoms with Crippen molar-refractivity contribution in [1.82, 2.24) is 9.55 Å². The summed E-state index contributed by atoms with van der Waals surface area (Å²) in [5.74, 6) is -1.27. The summed E-state index contributed by atoms with van der Waals surface area (Å²) in [5.41, 5.74) is 1.87. The maximum atomic E-state index is 13.3. The van der Waals surface area contributed by atoms with Gasteiger partial charge in [-0.05, 0) is 24.6 Å². The van der Waals surface area contributed by atoms with Crippen LogP contribution in [0, 0.1) is 0 Å². The van der Waals surface area contributed by atoms with Crippen molar-refractivity contribution in [3.63, 3.8) is 0 Å². The first-order chi connectivity index (χ1) is 14.5. The van der Waals surface area contributed by atoms with Crippen LogP contribution in [0.5, 0.6) is 0 Å². The number of pyridine rings is 2. The summed E-state index contributed by atoms with van der Waals surface area (Å²) in [6.07, 6.45) is 0.151. The molecule has 0 radical (unpaired) electrons. The fourth-order valence-electron chi connectivity index (χ4n) is 4.30. The van der Waals surface area contributed by atoms with Gasteiger partial charge in [-0.25, -0.2) is 9.78 Å². The molecule has 152 valence electrons. The topological polar surface area (TPSA) is 87.5 Å². The number of carbonyl (C=O) groups excluding carboxylic acids is 2. The zero-order chi connectivity index (χ0) is 21.0. The van der Waals surface area contributed by atoms with Gasteiger partial charge in [-0.3, -0.25) is 9.59 Å². The highest BCUT2D eigenvalue weighted by Crippen LogP contribution is 2.40. The lowest BCUT2D eigenvalue weighted by Crippen LogP contribution is -2.47. The van der Waals surface area contributed by atoms with E-state index in [1.165, 1.54) is 0 Å². The minimum absolute atomic E-state index is 0.0718. The van der Waals surface area contributed by atoms with Crippen molar-refractivity contribution in [3.05, 3.63) is 63.4 Å². The average Bonchev–Trinajstić information content (AvgIpc) is 3.12. The van der Waals surface area contributed by atoms with E-state index < -0.39 is 17.5 Å². The Balaban J connectivity index is 1.77. The maximum absolute atomic E-state index is 13.3. The van der Waals surface area contributed by atoms with Crippen LogP contribution < -0.4 is 5.56 Å². The Morgan fingerprint density at radius 3 is 2.87 bits per heavy atom. The molecule has 0 unspecified atom stereocenters. The highest BCUT2D eigenvalue weighted by molar-refractivity contribution is 9.09. The molecule has 1 aromatic carbocycles. The minimum Gasteiger partial charge on any atom is -0.457 e. The Kier molecular flexibility index (Phi) is 4.28. The van der Waals surface area contributed by atoms with Crippen molar-refractivity contribution in [2.24, 2.45) is 0 Å². The highest BCUT2D eigenvalue weighted by Gasteiger charge is 2.50. The molecule has 3 aromatic rings. The molecule has 30 heavy (non-hydrogen) atoms. The molecular weight excluding hydrogens is 452 g/mol. The fourth-order valence-corrected chi connectivity index (χ4v) is 4.42. The number of esters is 2. The van der Waals surface area contributed by atoms with Gasteiger partial charge >= 0.3 is 11.9 Å². The quantitative estimate of drug-likeness (QED) is 0.339. The van der Waals surface area contributed by atoms with Gasteiger partial charge in [-0.1, -0.05) is 41.1 Å². The van der Waals surface area contributed by atoms with E-state index >= 15 is 0 Å². The monoisotopic (exact) mass is 468 g/mol. The zero-order valence-corrected chi connectivity index (χ0v) is 17.7. The highest BCUT2D eigenvalue weighted by atomic mass is 79.9. The van der Waals surface area contributed by atoms with Gasteiger partial charge in [0.2, 0.25) is 5.60 Å². The number of aromatic nitrogens is 2. The number of nitrogens with zero attached hydrogens (tertiary/aromatic N) is 2. The van der Waals surface area contributed by atoms with Crippen molar-refractivity contribution in [3.8, 4) is 11.4 Å². The third kappa shape index (κ3) is 2.56. The standard InChI is InChI=1S/C22H17BrN2O5/c1-2-22(30-18(26)9-23)15-8-17-19-13(7-12-5-3-4-6-16(12)24-19)10-25(17)20(27)14(15)11-29-21(22)28/h3-8H,2,9-11H2,1H3/t22-/m0/s1. The number of hydrogen-bond acceptors (Lipinski definition) is 6. The summed E-state index contributed by atoms with van der Waals surface area (Å²) in [6, 6.07) is 11.5. The molecule has 4 heterocycles. The Morgan fingerprint density at radius 1 is 1.30 bits per heavy atom. The predicted molar refractivity (Wildman–Crippen MR) is 112 cm³/mol. The van der Waals surface area contributed by atoms with Gasteiger partial charge < -0.3 is 14.0 Å². The number of halogens is 1. The molecule has 0 amide bonds. The third-order valence-corrected chi connectivity index (χ3v) is 6.24. The molecule has 8 heteroatoms. The SMILES string of the molecule is CC[C@@]1(OC(=O)CBr)C(=O)OCc2c1cc1n(c2=O)Cc2cc3ccccc3nc2-1. The second-order valence-electron chi connectivity index (χ2n) is 7.37. The molecule has 0 fully saturated rings. The van der Waals surface area contributed by atoms with Gasteiger partial charge in [0.05, 0.1) is 29.0 Å². The Hall–Kier alpha value is -3.00. The van der Waals surface area contributed by atoms with E-state index in [0.29, 0.717) is 29.1 Å². The summed E-state index contributed by atoms with van der Waals surface area (Å²) in [4.78, 5) is 42.9. The van der Waals surface area contributed by atoms with Gasteiger partial charge in [0, 0.05) is 16.5 Å². The number of carbonyl (C=O) groups is 2. The molecule has 1 atom stereocenters. The molecule has 2 aliphatic heterocycles. The van der Waals surface area contributed by atoms with Gasteiger partial charge in [-0.15, -0.1) is 0 Å². The molecule has 2 aliphatic rings. The molecule has 5 rings (SSSR count). The summed E-state index contributed by atoms with van der Waals surface area (Å²) in [6.45, 7) is 1.97. The van der Waals surface area contributed by atoms with Gasteiger partial charge in [-0.2, -0.15) is 0 Å². The molecule has 0 saturated heterocycles. The Morgan fingerprint density at radius 2 is 2.10 bits per heavy atom. The lowest BCUT2D eigenvalue weighted by Gasteiger charge is -2.35. The van der Waals surface area contributed by atoms with Crippen molar-refractivity contribution >= 4 is 38.8 Å². The van der Waals surface area contributed by atoms with Crippen LogP contribution in [-0.2, 0) is 37.8 Å². The van der Waals surface area contributed by atoms with Crippen LogP contribution in [0.25, 0.3) is 22.3 Å². The number of alkyl halides is 1. The number of rotatable bonds is 3. The van der Waals surface area contributed by atoms with E-state index in [1.54, 1.807) is 17.6 Å². The number of fused-ring (bicyclic) bond motifs is 5. The molecule has 7 nitrogen and oxygen atoms in total. The molecule has 2 aromatic heterocycles. The summed E-state index contributed by atoms with van der Waals surface area (Å²) < 4.78 is 12.5. The van der Waals surface area contributed by atoms with Crippen LogP contribution in [-0.4, -0.2) is 26.8 Å². The van der Waals surface area contributed by atoms with Crippen molar-refractivity contribution in [1.29, 1.82) is 0 Å². The van der Waals surface area contributed by atoms with Gasteiger partial charge in [0.15, 0.2) is 0 Å². The fraction of sp³-hybridized carbons (Fsp3) is 0.273. The van der Waals surface area contributed by atoms with Gasteiger partial charge in [0.1, 0.15) is 11.9 Å². The first kappa shape index (κ1) is 19.0. The second kappa shape index (κ2) is 6.77. The molecule has 0 aliphatic carbocycles. The van der Waals surface area contributed by atoms with E-state index in [9.17, 15) is 14.4 Å². The maximum Gasteiger partial charge on any atom is 0.355 e. The summed E-state index contributed by atoms with van der Waals surface area (Å²) in [7, 11) is 0. The van der Waals surface area contributed by atoms with Crippen molar-refractivity contribution < 1.29 is 19.1 Å². The number of benzene rings is 1. The van der Waals surface area contributed by atoms with Crippen molar-refractivity contribution in [2.75, 3.05) is 5.33 Å². The van der Waals surface area contributed by atoms with E-state index in [-0.39, 0.29) is 23.9 Å². The number of cyclic esters (lactones) is 1. The molecule has 0 N–H and O–H groups in total. The van der Waals surface area contributed by atoms with Crippen LogP contribution in [0.3, 0.4) is 0 Å². The first-order valence-electron chi connectivity index (χ1n) is 9.59. The molecule has 0 bridgehead atoms. The zero-order valence-electron chi connectivity index (χ0n) is 16.1. The number of ether oxygens (including phenoxy) is 2. The Labute approximate surface area is 179 Å². The summed E-state index contributed by atoms with van der Waals surface area (Å²) >= 11 is 3.06. The van der Waals surface area contributed by atoms with Crippen LogP contribution in [0.1, 0.15) is 30.0 Å². The van der Waals surface area contributed by atoms with Crippen LogP contribution in [0.15, 0.2) is 41.2 Å². The number of para-hydroxylation sites is 1. The van der Waals surface area contributed by atoms with E-state index in [0.717, 1.165) is 16.5 Å². The van der Waals surface area contributed by atoms with Crippen molar-refractivity contribution in [2.45, 2.75) is 32.1 Å². The van der Waals surface area contributed by atoms with E-state index in [1.807, 2.05) is 30.3 Å². The van der Waals surface area contributed by atoms with Gasteiger partial charge in [0.25, 0.3) is 5.56 Å². The third-order valence-electron chi connectivity index (χ3n) is 5.78. The Bertz CT molecular complexity index is 1300. The largest absolute Gasteiger partial charge is 0.457 e. The lowest BCUT2D eigenvalue weighted by molar-refractivity contribution is -0.187. The predicted octanol–water partition coefficient (Wildman–Crippen LogP) is 3.03. The minimum atomic E-state index is -1.65. The lowest BCUT2D eigenvalue weighted by atomic mass is 9.85. The van der Waals surface area contributed by atoms with Crippen LogP contribution in [0.2, 0.25) is 0 Å². The smallest absolute Gasteiger partial charge is 0.355 e. The summed E-state index contributed by atoms with van der Waals surface area (Å²) in [5, 5.41) is 0.923. The van der Waals surface area contributed by atoms with E-state index in [4.69, 9.17) is 14.5 Å². The average molecular weight is 469 g/mol. The van der Waals surface area contributed by atoms with Crippen LogP contribution in [0.4, 0.5) is 0 Å². The van der Waals surface area contributed by atoms with E-state index in [2.05, 4.69) is 15.9 Å². The molecule has 0 spiro atoms. The van der Waals surface area contributed by atoms with Crippen LogP contribution >= 0.6 is 15.9 Å². The molecular formula is C22H17BrN2O5. The number of hydrogen-bond donors (Lipinski definition) is 0.